The highest BCUT2D eigenvalue weighted by atomic mass is 127. The van der Waals surface area contributed by atoms with E-state index in [1.807, 2.05) is 0 Å². The third-order valence-electron chi connectivity index (χ3n) is 3.06. The van der Waals surface area contributed by atoms with Gasteiger partial charge in [0.2, 0.25) is 7.14 Å². The molecule has 0 aliphatic rings. The summed E-state index contributed by atoms with van der Waals surface area (Å²) in [6.07, 6.45) is 0. The molecule has 0 spiro atoms. The fraction of sp³-hybridized carbons (Fsp3) is 0.375. The summed E-state index contributed by atoms with van der Waals surface area (Å²) >= 11 is -0.209. The molecule has 0 N–H and O–H groups in total. The summed E-state index contributed by atoms with van der Waals surface area (Å²) in [5.41, 5.74) is 7.33. The Bertz CT molecular complexity index is 531. The van der Waals surface area contributed by atoms with E-state index >= 15 is 0 Å². The van der Waals surface area contributed by atoms with Crippen molar-refractivity contribution in [2.24, 2.45) is 0 Å². The van der Waals surface area contributed by atoms with E-state index in [0.717, 1.165) is 11.4 Å². The molecule has 0 radical (unpaired) electrons. The van der Waals surface area contributed by atoms with Crippen LogP contribution in [0.4, 0.5) is 0 Å². The Morgan fingerprint density at radius 1 is 0.684 bits per heavy atom. The van der Waals surface area contributed by atoms with Crippen LogP contribution < -0.4 is 21.2 Å². The van der Waals surface area contributed by atoms with Gasteiger partial charge in [0.15, 0.2) is 0 Å². The molecule has 0 unspecified atom stereocenters. The van der Waals surface area contributed by atoms with E-state index in [1.54, 1.807) is 0 Å². The number of hydrogen-bond acceptors (Lipinski definition) is 2. The number of rotatable bonds is 2. The van der Waals surface area contributed by atoms with Crippen LogP contribution in [0.15, 0.2) is 12.1 Å². The molecule has 0 bridgehead atoms. The average Bonchev–Trinajstić information content (AvgIpc) is 2.25. The molecule has 2 aromatic rings. The predicted octanol–water partition coefficient (Wildman–Crippen LogP) is 0.456. The van der Waals surface area contributed by atoms with Gasteiger partial charge in [0.1, 0.15) is 0 Å². The summed E-state index contributed by atoms with van der Waals surface area (Å²) in [5, 5.41) is 0. The van der Waals surface area contributed by atoms with Crippen molar-refractivity contribution < 1.29 is 21.2 Å². The molecule has 0 amide bonds. The summed E-state index contributed by atoms with van der Waals surface area (Å²) in [6, 6.07) is 4.38. The molecular formula is C16H20IN2+. The molecule has 0 aliphatic carbocycles. The first-order valence-electron chi connectivity index (χ1n) is 6.43. The number of pyridine rings is 2. The molecule has 0 aromatic carbocycles. The van der Waals surface area contributed by atoms with Gasteiger partial charge in [0.25, 0.3) is 0 Å². The van der Waals surface area contributed by atoms with E-state index < -0.39 is 0 Å². The van der Waals surface area contributed by atoms with Crippen molar-refractivity contribution in [2.75, 3.05) is 0 Å². The Hall–Kier alpha value is -0.970. The first-order valence-corrected chi connectivity index (χ1v) is 8.58. The minimum absolute atomic E-state index is 0.209. The second kappa shape index (κ2) is 5.57. The van der Waals surface area contributed by atoms with Crippen LogP contribution in [0.2, 0.25) is 0 Å². The predicted molar refractivity (Wildman–Crippen MR) is 74.3 cm³/mol. The third-order valence-corrected chi connectivity index (χ3v) is 7.40. The highest BCUT2D eigenvalue weighted by molar-refractivity contribution is 5.21. The number of nitrogens with zero attached hydrogens (tertiary/aromatic N) is 2. The Labute approximate surface area is 126 Å². The molecule has 19 heavy (non-hydrogen) atoms. The van der Waals surface area contributed by atoms with Crippen LogP contribution >= 0.6 is 0 Å². The van der Waals surface area contributed by atoms with Crippen molar-refractivity contribution in [3.05, 3.63) is 53.2 Å². The average molecular weight is 367 g/mol. The van der Waals surface area contributed by atoms with Crippen LogP contribution in [0.25, 0.3) is 0 Å². The minimum Gasteiger partial charge on any atom is -0.254 e. The Balaban J connectivity index is 2.48. The molecule has 3 heteroatoms. The number of aromatic nitrogens is 2. The van der Waals surface area contributed by atoms with E-state index in [0.29, 0.717) is 0 Å². The molecule has 2 aromatic heterocycles. The maximum absolute atomic E-state index is 4.61. The van der Waals surface area contributed by atoms with Crippen LogP contribution in [0.3, 0.4) is 0 Å². The van der Waals surface area contributed by atoms with Crippen molar-refractivity contribution in [1.29, 1.82) is 0 Å². The van der Waals surface area contributed by atoms with Gasteiger partial charge in [-0.15, -0.1) is 0 Å². The summed E-state index contributed by atoms with van der Waals surface area (Å²) in [7, 11) is 0. The number of hydrogen-bond donors (Lipinski definition) is 0. The molecule has 0 aliphatic heterocycles. The zero-order valence-electron chi connectivity index (χ0n) is 12.4. The minimum atomic E-state index is -0.209. The normalized spacial score (nSPS) is 10.8. The fourth-order valence-corrected chi connectivity index (χ4v) is 5.12. The van der Waals surface area contributed by atoms with Crippen molar-refractivity contribution in [3.63, 3.8) is 0 Å². The molecule has 2 heterocycles. The van der Waals surface area contributed by atoms with Crippen LogP contribution in [0, 0.1) is 48.7 Å². The molecular weight excluding hydrogens is 347 g/mol. The van der Waals surface area contributed by atoms with E-state index in [9.17, 15) is 0 Å². The molecule has 2 rings (SSSR count). The zero-order valence-corrected chi connectivity index (χ0v) is 14.6. The summed E-state index contributed by atoms with van der Waals surface area (Å²) in [5.74, 6) is 0. The van der Waals surface area contributed by atoms with Crippen molar-refractivity contribution in [3.8, 4) is 0 Å². The van der Waals surface area contributed by atoms with E-state index in [-0.39, 0.29) is 21.2 Å². The van der Waals surface area contributed by atoms with Crippen molar-refractivity contribution in [2.45, 2.75) is 41.5 Å². The topological polar surface area (TPSA) is 25.8 Å². The molecule has 100 valence electrons. The summed E-state index contributed by atoms with van der Waals surface area (Å²) in [6.45, 7) is 12.8. The van der Waals surface area contributed by atoms with E-state index in [2.05, 4.69) is 63.6 Å². The monoisotopic (exact) mass is 367 g/mol. The van der Waals surface area contributed by atoms with E-state index in [1.165, 1.54) is 29.7 Å². The molecule has 2 nitrogen and oxygen atoms in total. The van der Waals surface area contributed by atoms with Crippen LogP contribution in [0.1, 0.15) is 33.9 Å². The Morgan fingerprint density at radius 2 is 1.05 bits per heavy atom. The number of aryl methyl sites for hydroxylation is 6. The number of halogens is 1. The Kier molecular flexibility index (Phi) is 4.23. The smallest absolute Gasteiger partial charge is 0.254 e. The van der Waals surface area contributed by atoms with Gasteiger partial charge in [-0.25, -0.2) is 0 Å². The zero-order chi connectivity index (χ0) is 14.2. The second-order valence-corrected chi connectivity index (χ2v) is 7.75. The van der Waals surface area contributed by atoms with Crippen molar-refractivity contribution >= 4 is 0 Å². The van der Waals surface area contributed by atoms with Gasteiger partial charge in [-0.05, 0) is 53.7 Å². The summed E-state index contributed by atoms with van der Waals surface area (Å²) in [4.78, 5) is 9.23. The maximum Gasteiger partial charge on any atom is 0.362 e. The molecule has 0 atom stereocenters. The quantitative estimate of drug-likeness (QED) is 0.721. The van der Waals surface area contributed by atoms with Gasteiger partial charge >= 0.3 is 21.2 Å². The lowest BCUT2D eigenvalue weighted by Crippen LogP contribution is -3.62. The highest BCUT2D eigenvalue weighted by Gasteiger charge is 2.26. The van der Waals surface area contributed by atoms with Crippen molar-refractivity contribution in [1.82, 2.24) is 9.97 Å². The second-order valence-electron chi connectivity index (χ2n) is 5.05. The largest absolute Gasteiger partial charge is 0.362 e. The maximum atomic E-state index is 4.61. The van der Waals surface area contributed by atoms with Gasteiger partial charge in [-0.2, -0.15) is 0 Å². The Morgan fingerprint density at radius 3 is 1.37 bits per heavy atom. The van der Waals surface area contributed by atoms with Gasteiger partial charge < -0.3 is 0 Å². The first kappa shape index (κ1) is 14.4. The standard InChI is InChI=1S/C16H20IN2/c1-9-7-11(3)18-13(5)15(9)17-16-10(2)8-12(4)19-14(16)6/h7-8H,1-6H3/q+1. The lowest BCUT2D eigenvalue weighted by molar-refractivity contribution is -0.600. The van der Waals surface area contributed by atoms with Crippen LogP contribution in [-0.2, 0) is 0 Å². The van der Waals surface area contributed by atoms with Gasteiger partial charge in [-0.3, -0.25) is 9.97 Å². The lowest BCUT2D eigenvalue weighted by Gasteiger charge is -2.03. The van der Waals surface area contributed by atoms with Gasteiger partial charge in [0, 0.05) is 22.5 Å². The third kappa shape index (κ3) is 3.14. The molecule has 0 saturated carbocycles. The highest BCUT2D eigenvalue weighted by Crippen LogP contribution is 2.06. The molecule has 0 fully saturated rings. The van der Waals surface area contributed by atoms with Gasteiger partial charge in [-0.1, -0.05) is 0 Å². The SMILES string of the molecule is Cc1cc(C)c([I+]c2c(C)cc(C)nc2C)c(C)n1. The first-order chi connectivity index (χ1) is 8.88. The fourth-order valence-electron chi connectivity index (χ4n) is 2.40. The van der Waals surface area contributed by atoms with Crippen LogP contribution in [0.5, 0.6) is 0 Å². The summed E-state index contributed by atoms with van der Waals surface area (Å²) < 4.78 is 2.89. The molecule has 0 saturated heterocycles. The lowest BCUT2D eigenvalue weighted by atomic mass is 10.2. The van der Waals surface area contributed by atoms with Gasteiger partial charge in [0.05, 0.1) is 11.4 Å². The van der Waals surface area contributed by atoms with Crippen LogP contribution in [-0.4, -0.2) is 9.97 Å². The van der Waals surface area contributed by atoms with E-state index in [4.69, 9.17) is 0 Å².